The predicted octanol–water partition coefficient (Wildman–Crippen LogP) is 2.21. The Balaban J connectivity index is 1.55. The number of aromatic nitrogens is 4. The fraction of sp³-hybridized carbons (Fsp3) is 0.167. The summed E-state index contributed by atoms with van der Waals surface area (Å²) in [7, 11) is 0. The first-order valence-electron chi connectivity index (χ1n) is 8.00. The van der Waals surface area contributed by atoms with E-state index in [0.717, 1.165) is 16.1 Å². The zero-order valence-corrected chi connectivity index (χ0v) is 14.1. The molecule has 2 aromatic carbocycles. The number of carbonyl (C=O) groups is 1. The Morgan fingerprint density at radius 3 is 2.62 bits per heavy atom. The largest absolute Gasteiger partial charge is 0.271 e. The van der Waals surface area contributed by atoms with Crippen LogP contribution in [0.25, 0.3) is 11.4 Å². The van der Waals surface area contributed by atoms with E-state index in [2.05, 4.69) is 25.9 Å². The van der Waals surface area contributed by atoms with Crippen molar-refractivity contribution < 1.29 is 9.18 Å². The lowest BCUT2D eigenvalue weighted by atomic mass is 10.1. The van der Waals surface area contributed by atoms with Crippen molar-refractivity contribution in [2.45, 2.75) is 19.9 Å². The van der Waals surface area contributed by atoms with Gasteiger partial charge in [-0.3, -0.25) is 4.79 Å². The Kier molecular flexibility index (Phi) is 5.43. The lowest BCUT2D eigenvalue weighted by Crippen LogP contribution is -2.25. The predicted molar refractivity (Wildman–Crippen MR) is 94.6 cm³/mol. The summed E-state index contributed by atoms with van der Waals surface area (Å²) in [5, 5.41) is 15.9. The number of benzene rings is 2. The van der Waals surface area contributed by atoms with Gasteiger partial charge in [0.2, 0.25) is 5.82 Å². The van der Waals surface area contributed by atoms with E-state index in [9.17, 15) is 9.18 Å². The second-order valence-electron chi connectivity index (χ2n) is 5.69. The van der Waals surface area contributed by atoms with Crippen LogP contribution in [0.15, 0.2) is 59.7 Å². The standard InChI is InChI=1S/C18H17FN6O/c1-13(11-14-5-3-2-4-6-14)20-21-17(26)12-25-23-18(22-24-25)15-7-9-16(19)10-8-15/h2-10H,11-12H2,1H3,(H,21,26)/b20-13-. The SMILES string of the molecule is C/C(Cc1ccccc1)=N/NC(=O)Cn1nnc(-c2ccc(F)cc2)n1. The zero-order chi connectivity index (χ0) is 18.4. The second-order valence-corrected chi connectivity index (χ2v) is 5.69. The number of nitrogens with one attached hydrogen (secondary N) is 1. The van der Waals surface area contributed by atoms with Crippen LogP contribution in [0.4, 0.5) is 4.39 Å². The highest BCUT2D eigenvalue weighted by atomic mass is 19.1. The number of amides is 1. The molecule has 0 spiro atoms. The van der Waals surface area contributed by atoms with E-state index in [1.54, 1.807) is 12.1 Å². The molecule has 7 nitrogen and oxygen atoms in total. The van der Waals surface area contributed by atoms with Crippen LogP contribution in [0.5, 0.6) is 0 Å². The molecule has 1 heterocycles. The monoisotopic (exact) mass is 352 g/mol. The van der Waals surface area contributed by atoms with E-state index in [-0.39, 0.29) is 18.3 Å². The first-order chi connectivity index (χ1) is 12.6. The molecule has 26 heavy (non-hydrogen) atoms. The number of nitrogens with zero attached hydrogens (tertiary/aromatic N) is 5. The van der Waals surface area contributed by atoms with Crippen LogP contribution < -0.4 is 5.43 Å². The molecule has 3 rings (SSSR count). The van der Waals surface area contributed by atoms with Crippen molar-refractivity contribution in [3.63, 3.8) is 0 Å². The summed E-state index contributed by atoms with van der Waals surface area (Å²) in [6, 6.07) is 15.6. The van der Waals surface area contributed by atoms with E-state index in [1.165, 1.54) is 12.1 Å². The quantitative estimate of drug-likeness (QED) is 0.544. The molecule has 0 bridgehead atoms. The molecule has 1 amide bonds. The van der Waals surface area contributed by atoms with Gasteiger partial charge in [-0.05, 0) is 42.0 Å². The lowest BCUT2D eigenvalue weighted by Gasteiger charge is -2.02. The Bertz CT molecular complexity index is 905. The topological polar surface area (TPSA) is 85.1 Å². The summed E-state index contributed by atoms with van der Waals surface area (Å²) in [6.45, 7) is 1.73. The number of rotatable bonds is 6. The van der Waals surface area contributed by atoms with Gasteiger partial charge < -0.3 is 0 Å². The smallest absolute Gasteiger partial charge is 0.263 e. The van der Waals surface area contributed by atoms with Crippen molar-refractivity contribution in [2.24, 2.45) is 5.10 Å². The first kappa shape index (κ1) is 17.4. The molecule has 0 atom stereocenters. The summed E-state index contributed by atoms with van der Waals surface area (Å²) in [6.07, 6.45) is 0.650. The maximum absolute atomic E-state index is 12.9. The van der Waals surface area contributed by atoms with Gasteiger partial charge in [0.1, 0.15) is 12.4 Å². The summed E-state index contributed by atoms with van der Waals surface area (Å²) >= 11 is 0. The van der Waals surface area contributed by atoms with Crippen molar-refractivity contribution in [1.82, 2.24) is 25.6 Å². The third-order valence-electron chi connectivity index (χ3n) is 3.51. The maximum Gasteiger partial charge on any atom is 0.263 e. The van der Waals surface area contributed by atoms with E-state index < -0.39 is 0 Å². The second kappa shape index (κ2) is 8.11. The summed E-state index contributed by atoms with van der Waals surface area (Å²) in [5.41, 5.74) is 4.99. The van der Waals surface area contributed by atoms with E-state index >= 15 is 0 Å². The van der Waals surface area contributed by atoms with E-state index in [4.69, 9.17) is 0 Å². The highest BCUT2D eigenvalue weighted by molar-refractivity contribution is 5.86. The van der Waals surface area contributed by atoms with Gasteiger partial charge in [0.05, 0.1) is 0 Å². The third-order valence-corrected chi connectivity index (χ3v) is 3.51. The molecule has 0 unspecified atom stereocenters. The van der Waals surface area contributed by atoms with Crippen LogP contribution >= 0.6 is 0 Å². The van der Waals surface area contributed by atoms with Crippen molar-refractivity contribution >= 4 is 11.6 Å². The molecule has 0 saturated heterocycles. The molecule has 0 aliphatic carbocycles. The van der Waals surface area contributed by atoms with Crippen LogP contribution in [-0.4, -0.2) is 31.8 Å². The Hall–Kier alpha value is -3.42. The Labute approximate surface area is 149 Å². The van der Waals surface area contributed by atoms with Crippen LogP contribution in [0.3, 0.4) is 0 Å². The average molecular weight is 352 g/mol. The van der Waals surface area contributed by atoms with Crippen LogP contribution in [0.2, 0.25) is 0 Å². The molecule has 132 valence electrons. The molecular formula is C18H17FN6O. The number of carbonyl (C=O) groups excluding carboxylic acids is 1. The van der Waals surface area contributed by atoms with Crippen molar-refractivity contribution in [3.05, 3.63) is 66.0 Å². The average Bonchev–Trinajstić information content (AvgIpc) is 3.10. The molecule has 0 saturated carbocycles. The first-order valence-corrected chi connectivity index (χ1v) is 8.00. The summed E-state index contributed by atoms with van der Waals surface area (Å²) in [5.74, 6) is -0.383. The Morgan fingerprint density at radius 1 is 1.15 bits per heavy atom. The maximum atomic E-state index is 12.9. The van der Waals surface area contributed by atoms with Crippen molar-refractivity contribution in [3.8, 4) is 11.4 Å². The van der Waals surface area contributed by atoms with Crippen molar-refractivity contribution in [1.29, 1.82) is 0 Å². The number of halogens is 1. The van der Waals surface area contributed by atoms with Crippen molar-refractivity contribution in [2.75, 3.05) is 0 Å². The molecular weight excluding hydrogens is 335 g/mol. The summed E-state index contributed by atoms with van der Waals surface area (Å²) < 4.78 is 12.9. The molecule has 0 aliphatic rings. The molecule has 1 aromatic heterocycles. The number of hydrogen-bond acceptors (Lipinski definition) is 5. The Morgan fingerprint density at radius 2 is 1.88 bits per heavy atom. The van der Waals surface area contributed by atoms with Crippen LogP contribution in [-0.2, 0) is 17.8 Å². The highest BCUT2D eigenvalue weighted by Crippen LogP contribution is 2.13. The van der Waals surface area contributed by atoms with Crippen LogP contribution in [0.1, 0.15) is 12.5 Å². The van der Waals surface area contributed by atoms with Gasteiger partial charge in [-0.1, -0.05) is 30.3 Å². The minimum atomic E-state index is -0.361. The minimum Gasteiger partial charge on any atom is -0.271 e. The minimum absolute atomic E-state index is 0.115. The molecule has 3 aromatic rings. The molecule has 0 aliphatic heterocycles. The fourth-order valence-electron chi connectivity index (χ4n) is 2.28. The number of hydrazone groups is 1. The molecule has 8 heteroatoms. The lowest BCUT2D eigenvalue weighted by molar-refractivity contribution is -0.122. The summed E-state index contributed by atoms with van der Waals surface area (Å²) in [4.78, 5) is 13.1. The normalized spacial score (nSPS) is 11.4. The fourth-order valence-corrected chi connectivity index (χ4v) is 2.28. The van der Waals surface area contributed by atoms with Gasteiger partial charge in [-0.2, -0.15) is 9.90 Å². The van der Waals surface area contributed by atoms with E-state index in [0.29, 0.717) is 17.8 Å². The number of tetrazole rings is 1. The van der Waals surface area contributed by atoms with Gasteiger partial charge in [0.25, 0.3) is 5.91 Å². The van der Waals surface area contributed by atoms with Crippen LogP contribution in [0, 0.1) is 5.82 Å². The van der Waals surface area contributed by atoms with E-state index in [1.807, 2.05) is 37.3 Å². The third kappa shape index (κ3) is 4.79. The molecule has 0 fully saturated rings. The molecule has 0 radical (unpaired) electrons. The van der Waals surface area contributed by atoms with Gasteiger partial charge in [0.15, 0.2) is 0 Å². The number of hydrogen-bond donors (Lipinski definition) is 1. The van der Waals surface area contributed by atoms with Gasteiger partial charge in [-0.25, -0.2) is 9.82 Å². The highest BCUT2D eigenvalue weighted by Gasteiger charge is 2.09. The van der Waals surface area contributed by atoms with Gasteiger partial charge in [-0.15, -0.1) is 10.2 Å². The molecule has 1 N–H and O–H groups in total. The van der Waals surface area contributed by atoms with Gasteiger partial charge >= 0.3 is 0 Å². The zero-order valence-electron chi connectivity index (χ0n) is 14.1. The van der Waals surface area contributed by atoms with Gasteiger partial charge in [0, 0.05) is 17.7 Å².